The smallest absolute Gasteiger partial charge is 0.377 e. The van der Waals surface area contributed by atoms with Gasteiger partial charge in [-0.3, -0.25) is 0 Å². The number of rotatable bonds is 10. The molecule has 0 aliphatic carbocycles. The second-order valence-electron chi connectivity index (χ2n) is 8.53. The fourth-order valence-electron chi connectivity index (χ4n) is 3.80. The predicted octanol–water partition coefficient (Wildman–Crippen LogP) is 5.35. The number of alkyl halides is 3. The number of carbonyl (C=O) groups is 1. The molecule has 3 nitrogen and oxygen atoms in total. The van der Waals surface area contributed by atoms with Gasteiger partial charge in [0.05, 0.1) is 6.61 Å². The van der Waals surface area contributed by atoms with Crippen LogP contribution in [0.4, 0.5) is 8.78 Å². The Kier molecular flexibility index (Phi) is 9.21. The molecule has 0 heterocycles. The van der Waals surface area contributed by atoms with Crippen molar-refractivity contribution in [1.29, 1.82) is 0 Å². The summed E-state index contributed by atoms with van der Waals surface area (Å²) in [6.45, 7) is 8.32. The minimum Gasteiger partial charge on any atom is -0.462 e. The molecule has 2 aromatic rings. The van der Waals surface area contributed by atoms with Crippen molar-refractivity contribution in [2.75, 3.05) is 13.2 Å². The van der Waals surface area contributed by atoms with E-state index < -0.39 is 30.6 Å². The van der Waals surface area contributed by atoms with E-state index in [4.69, 9.17) is 4.43 Å². The quantitative estimate of drug-likeness (QED) is 0.170. The molecule has 0 aliphatic rings. The SMILES string of the molecule is CCOC(=O)C(F)(F)CC(I)CCO[Si](c1ccccc1)(c1ccccc1)C(C)(C)C. The van der Waals surface area contributed by atoms with Gasteiger partial charge in [-0.05, 0) is 28.8 Å². The first kappa shape index (κ1) is 25.9. The van der Waals surface area contributed by atoms with Crippen molar-refractivity contribution in [1.82, 2.24) is 0 Å². The van der Waals surface area contributed by atoms with Crippen LogP contribution >= 0.6 is 22.6 Å². The van der Waals surface area contributed by atoms with E-state index in [1.165, 1.54) is 6.92 Å². The van der Waals surface area contributed by atoms with Gasteiger partial charge in [0, 0.05) is 17.0 Å². The van der Waals surface area contributed by atoms with Crippen molar-refractivity contribution in [2.45, 2.75) is 55.4 Å². The fraction of sp³-hybridized carbons (Fsp3) is 0.458. The number of carbonyl (C=O) groups excluding carboxylic acids is 1. The molecule has 1 atom stereocenters. The Morgan fingerprint density at radius 3 is 1.90 bits per heavy atom. The second kappa shape index (κ2) is 11.0. The van der Waals surface area contributed by atoms with E-state index in [-0.39, 0.29) is 11.6 Å². The van der Waals surface area contributed by atoms with Crippen LogP contribution in [-0.2, 0) is 14.0 Å². The van der Waals surface area contributed by atoms with Gasteiger partial charge in [0.1, 0.15) is 0 Å². The predicted molar refractivity (Wildman–Crippen MR) is 132 cm³/mol. The van der Waals surface area contributed by atoms with Gasteiger partial charge in [0.2, 0.25) is 0 Å². The summed E-state index contributed by atoms with van der Waals surface area (Å²) in [6, 6.07) is 20.4. The van der Waals surface area contributed by atoms with Gasteiger partial charge in [-0.1, -0.05) is 104 Å². The highest BCUT2D eigenvalue weighted by Gasteiger charge is 2.50. The Morgan fingerprint density at radius 2 is 1.48 bits per heavy atom. The van der Waals surface area contributed by atoms with Gasteiger partial charge >= 0.3 is 11.9 Å². The number of esters is 1. The van der Waals surface area contributed by atoms with Crippen LogP contribution in [0.1, 0.15) is 40.5 Å². The molecule has 0 fully saturated rings. The Labute approximate surface area is 198 Å². The third kappa shape index (κ3) is 6.35. The lowest BCUT2D eigenvalue weighted by molar-refractivity contribution is -0.172. The molecule has 31 heavy (non-hydrogen) atoms. The van der Waals surface area contributed by atoms with Gasteiger partial charge in [-0.25, -0.2) is 4.79 Å². The molecule has 2 rings (SSSR count). The van der Waals surface area contributed by atoms with Crippen molar-refractivity contribution in [2.24, 2.45) is 0 Å². The van der Waals surface area contributed by atoms with E-state index in [2.05, 4.69) is 49.8 Å². The highest BCUT2D eigenvalue weighted by atomic mass is 127. The average Bonchev–Trinajstić information content (AvgIpc) is 2.71. The van der Waals surface area contributed by atoms with Gasteiger partial charge in [-0.15, -0.1) is 0 Å². The largest absolute Gasteiger partial charge is 0.462 e. The summed E-state index contributed by atoms with van der Waals surface area (Å²) in [5, 5.41) is 2.12. The Hall–Kier alpha value is -1.32. The molecule has 0 radical (unpaired) electrons. The third-order valence-electron chi connectivity index (χ3n) is 5.22. The van der Waals surface area contributed by atoms with Crippen LogP contribution in [0, 0.1) is 0 Å². The molecule has 0 aliphatic heterocycles. The molecule has 0 amide bonds. The lowest BCUT2D eigenvalue weighted by Crippen LogP contribution is -2.66. The van der Waals surface area contributed by atoms with E-state index in [9.17, 15) is 13.6 Å². The van der Waals surface area contributed by atoms with Crippen LogP contribution < -0.4 is 10.4 Å². The minimum atomic E-state index is -3.49. The van der Waals surface area contributed by atoms with Crippen LogP contribution in [0.5, 0.6) is 0 Å². The molecule has 0 bridgehead atoms. The highest BCUT2D eigenvalue weighted by Crippen LogP contribution is 2.37. The molecule has 0 saturated carbocycles. The Balaban J connectivity index is 2.25. The number of halogens is 3. The van der Waals surface area contributed by atoms with Crippen molar-refractivity contribution in [3.05, 3.63) is 60.7 Å². The van der Waals surface area contributed by atoms with E-state index in [0.717, 1.165) is 10.4 Å². The zero-order valence-corrected chi connectivity index (χ0v) is 21.7. The third-order valence-corrected chi connectivity index (χ3v) is 11.3. The van der Waals surface area contributed by atoms with Crippen LogP contribution in [0.2, 0.25) is 5.04 Å². The molecule has 2 aromatic carbocycles. The summed E-state index contributed by atoms with van der Waals surface area (Å²) in [7, 11) is -2.69. The van der Waals surface area contributed by atoms with Crippen molar-refractivity contribution < 1.29 is 22.7 Å². The molecule has 170 valence electrons. The fourth-order valence-corrected chi connectivity index (χ4v) is 9.19. The number of benzene rings is 2. The first-order chi connectivity index (χ1) is 14.5. The van der Waals surface area contributed by atoms with E-state index in [0.29, 0.717) is 13.0 Å². The molecular weight excluding hydrogens is 529 g/mol. The Bertz CT molecular complexity index is 786. The summed E-state index contributed by atoms with van der Waals surface area (Å²) < 4.78 is 39.1. The van der Waals surface area contributed by atoms with Gasteiger partial charge in [0.25, 0.3) is 8.32 Å². The summed E-state index contributed by atoms with van der Waals surface area (Å²) in [5.41, 5.74) is 0. The molecule has 0 N–H and O–H groups in total. The van der Waals surface area contributed by atoms with Gasteiger partial charge in [-0.2, -0.15) is 8.78 Å². The van der Waals surface area contributed by atoms with E-state index in [1.807, 2.05) is 59.0 Å². The van der Waals surface area contributed by atoms with Crippen LogP contribution in [0.25, 0.3) is 0 Å². The maximum Gasteiger partial charge on any atom is 0.377 e. The normalized spacial score (nSPS) is 13.6. The van der Waals surface area contributed by atoms with Crippen LogP contribution in [0.3, 0.4) is 0 Å². The maximum absolute atomic E-state index is 14.1. The summed E-state index contributed by atoms with van der Waals surface area (Å²) in [6.07, 6.45) is -0.142. The second-order valence-corrected chi connectivity index (χ2v) is 14.6. The summed E-state index contributed by atoms with van der Waals surface area (Å²) in [5.74, 6) is -4.94. The molecule has 1 unspecified atom stereocenters. The van der Waals surface area contributed by atoms with Gasteiger partial charge < -0.3 is 9.16 Å². The highest BCUT2D eigenvalue weighted by molar-refractivity contribution is 14.1. The van der Waals surface area contributed by atoms with Crippen molar-refractivity contribution in [3.63, 3.8) is 0 Å². The monoisotopic (exact) mass is 560 g/mol. The van der Waals surface area contributed by atoms with E-state index in [1.54, 1.807) is 0 Å². The topological polar surface area (TPSA) is 35.5 Å². The molecule has 7 heteroatoms. The van der Waals surface area contributed by atoms with Crippen LogP contribution in [-0.4, -0.2) is 37.3 Å². The first-order valence-electron chi connectivity index (χ1n) is 10.5. The van der Waals surface area contributed by atoms with Crippen molar-refractivity contribution in [3.8, 4) is 0 Å². The Morgan fingerprint density at radius 1 is 1.00 bits per heavy atom. The number of hydrogen-bond donors (Lipinski definition) is 0. The van der Waals surface area contributed by atoms with Gasteiger partial charge in [0.15, 0.2) is 0 Å². The lowest BCUT2D eigenvalue weighted by atomic mass is 10.1. The van der Waals surface area contributed by atoms with E-state index >= 15 is 0 Å². The molecule has 0 spiro atoms. The molecule has 0 saturated heterocycles. The van der Waals surface area contributed by atoms with Crippen LogP contribution in [0.15, 0.2) is 60.7 Å². The summed E-state index contributed by atoms with van der Waals surface area (Å²) in [4.78, 5) is 11.5. The summed E-state index contributed by atoms with van der Waals surface area (Å²) >= 11 is 1.98. The zero-order valence-electron chi connectivity index (χ0n) is 18.5. The standard InChI is InChI=1S/C24H31F2IO3Si/c1-5-29-22(28)24(25,26)18-19(27)16-17-30-31(23(2,3)4,20-12-8-6-9-13-20)21-14-10-7-11-15-21/h6-15,19H,5,16-18H2,1-4H3. The molecule has 0 aromatic heterocycles. The number of hydrogen-bond acceptors (Lipinski definition) is 3. The average molecular weight is 560 g/mol. The maximum atomic E-state index is 14.1. The minimum absolute atomic E-state index is 0.0582. The first-order valence-corrected chi connectivity index (χ1v) is 13.6. The lowest BCUT2D eigenvalue weighted by Gasteiger charge is -2.43. The van der Waals surface area contributed by atoms with Crippen molar-refractivity contribution >= 4 is 47.3 Å². The molecular formula is C24H31F2IO3Si. The number of ether oxygens (including phenoxy) is 1. The zero-order chi connectivity index (χ0) is 23.1.